The van der Waals surface area contributed by atoms with E-state index in [-0.39, 0.29) is 16.8 Å². The molecule has 0 radical (unpaired) electrons. The number of carbonyl (C=O) groups is 1. The van der Waals surface area contributed by atoms with Crippen molar-refractivity contribution in [2.45, 2.75) is 40.7 Å². The lowest BCUT2D eigenvalue weighted by Gasteiger charge is -2.11. The predicted molar refractivity (Wildman–Crippen MR) is 81.8 cm³/mol. The first kappa shape index (κ1) is 14.7. The molecule has 4 heteroatoms. The third-order valence-corrected chi connectivity index (χ3v) is 4.88. The quantitative estimate of drug-likeness (QED) is 0.654. The van der Waals surface area contributed by atoms with Gasteiger partial charge in [-0.1, -0.05) is 27.7 Å². The van der Waals surface area contributed by atoms with E-state index in [0.717, 1.165) is 5.69 Å². The summed E-state index contributed by atoms with van der Waals surface area (Å²) in [6.07, 6.45) is 0. The first-order valence-corrected chi connectivity index (χ1v) is 7.05. The van der Waals surface area contributed by atoms with Crippen LogP contribution in [0.2, 0.25) is 0 Å². The maximum absolute atomic E-state index is 11.8. The molecule has 4 nitrogen and oxygen atoms in total. The van der Waals surface area contributed by atoms with E-state index in [1.807, 2.05) is 6.07 Å². The minimum atomic E-state index is -0.372. The van der Waals surface area contributed by atoms with Crippen molar-refractivity contribution in [3.8, 4) is 0 Å². The maximum atomic E-state index is 11.8. The molecule has 0 saturated heterocycles. The van der Waals surface area contributed by atoms with Crippen LogP contribution >= 0.6 is 0 Å². The number of hydrogen-bond acceptors (Lipinski definition) is 4. The average molecular weight is 276 g/mol. The molecule has 0 amide bonds. The van der Waals surface area contributed by atoms with Gasteiger partial charge in [-0.25, -0.2) is 4.79 Å². The van der Waals surface area contributed by atoms with Gasteiger partial charge in [0.05, 0.1) is 12.2 Å². The van der Waals surface area contributed by atoms with Crippen LogP contribution in [-0.2, 0) is 4.74 Å². The Bertz CT molecular complexity index is 521. The second kappa shape index (κ2) is 4.69. The minimum Gasteiger partial charge on any atom is -0.462 e. The second-order valence-corrected chi connectivity index (χ2v) is 6.54. The van der Waals surface area contributed by atoms with Crippen molar-refractivity contribution < 1.29 is 9.53 Å². The molecule has 1 aliphatic rings. The normalized spacial score (nSPS) is 19.4. The van der Waals surface area contributed by atoms with E-state index in [1.165, 1.54) is 0 Å². The summed E-state index contributed by atoms with van der Waals surface area (Å²) in [5.41, 5.74) is 8.09. The van der Waals surface area contributed by atoms with Gasteiger partial charge in [0, 0.05) is 17.4 Å². The molecule has 1 fully saturated rings. The molecule has 0 unspecified atom stereocenters. The zero-order chi connectivity index (χ0) is 15.1. The Morgan fingerprint density at radius 2 is 1.90 bits per heavy atom. The highest BCUT2D eigenvalue weighted by atomic mass is 16.5. The topological polar surface area (TPSA) is 64.3 Å². The van der Waals surface area contributed by atoms with Gasteiger partial charge in [0.1, 0.15) is 0 Å². The summed E-state index contributed by atoms with van der Waals surface area (Å²) in [5, 5.41) is 3.50. The van der Waals surface area contributed by atoms with Crippen molar-refractivity contribution >= 4 is 17.3 Å². The molecular weight excluding hydrogens is 252 g/mol. The van der Waals surface area contributed by atoms with Crippen LogP contribution in [0.15, 0.2) is 18.2 Å². The number of nitrogens with one attached hydrogen (secondary N) is 1. The number of hydrogen-bond donors (Lipinski definition) is 2. The van der Waals surface area contributed by atoms with Crippen LogP contribution in [0.3, 0.4) is 0 Å². The zero-order valence-corrected chi connectivity index (χ0v) is 12.9. The molecule has 0 aromatic heterocycles. The molecule has 3 N–H and O–H groups in total. The van der Waals surface area contributed by atoms with Crippen LogP contribution in [-0.4, -0.2) is 18.6 Å². The number of esters is 1. The monoisotopic (exact) mass is 276 g/mol. The molecule has 1 aromatic rings. The zero-order valence-electron chi connectivity index (χ0n) is 12.9. The average Bonchev–Trinajstić information content (AvgIpc) is 2.74. The molecule has 0 spiro atoms. The van der Waals surface area contributed by atoms with Crippen molar-refractivity contribution in [1.82, 2.24) is 0 Å². The van der Waals surface area contributed by atoms with Gasteiger partial charge in [-0.05, 0) is 36.0 Å². The van der Waals surface area contributed by atoms with E-state index in [4.69, 9.17) is 10.5 Å². The van der Waals surface area contributed by atoms with Gasteiger partial charge in [-0.3, -0.25) is 0 Å². The van der Waals surface area contributed by atoms with E-state index in [1.54, 1.807) is 19.1 Å². The molecule has 0 bridgehead atoms. The lowest BCUT2D eigenvalue weighted by atomic mass is 10.0. The number of ether oxygens (including phenoxy) is 1. The molecule has 0 heterocycles. The number of anilines is 2. The first-order valence-electron chi connectivity index (χ1n) is 7.05. The summed E-state index contributed by atoms with van der Waals surface area (Å²) in [4.78, 5) is 11.8. The smallest absolute Gasteiger partial charge is 0.340 e. The maximum Gasteiger partial charge on any atom is 0.340 e. The van der Waals surface area contributed by atoms with Gasteiger partial charge in [0.25, 0.3) is 0 Å². The fourth-order valence-electron chi connectivity index (χ4n) is 2.76. The molecule has 20 heavy (non-hydrogen) atoms. The van der Waals surface area contributed by atoms with Crippen LogP contribution in [0, 0.1) is 10.8 Å². The Balaban J connectivity index is 2.19. The van der Waals surface area contributed by atoms with Crippen LogP contribution in [0.4, 0.5) is 11.4 Å². The summed E-state index contributed by atoms with van der Waals surface area (Å²) in [7, 11) is 0. The van der Waals surface area contributed by atoms with Crippen LogP contribution in [0.1, 0.15) is 45.0 Å². The Morgan fingerprint density at radius 3 is 2.40 bits per heavy atom. The molecule has 1 aromatic carbocycles. The van der Waals surface area contributed by atoms with Crippen molar-refractivity contribution in [3.63, 3.8) is 0 Å². The van der Waals surface area contributed by atoms with Crippen molar-refractivity contribution in [2.75, 3.05) is 17.7 Å². The fraction of sp³-hybridized carbons (Fsp3) is 0.562. The highest BCUT2D eigenvalue weighted by Gasteiger charge is 2.64. The number of benzene rings is 1. The Labute approximate surface area is 120 Å². The van der Waals surface area contributed by atoms with E-state index in [0.29, 0.717) is 23.9 Å². The van der Waals surface area contributed by atoms with E-state index in [2.05, 4.69) is 33.0 Å². The molecule has 0 aliphatic heterocycles. The summed E-state index contributed by atoms with van der Waals surface area (Å²) in [6, 6.07) is 5.81. The van der Waals surface area contributed by atoms with Gasteiger partial charge in [-0.2, -0.15) is 0 Å². The number of nitrogens with two attached hydrogens (primary N) is 1. The largest absolute Gasteiger partial charge is 0.462 e. The van der Waals surface area contributed by atoms with Crippen LogP contribution in [0.25, 0.3) is 0 Å². The van der Waals surface area contributed by atoms with Gasteiger partial charge < -0.3 is 15.8 Å². The van der Waals surface area contributed by atoms with Crippen molar-refractivity contribution in [2.24, 2.45) is 10.8 Å². The van der Waals surface area contributed by atoms with E-state index in [9.17, 15) is 4.79 Å². The lowest BCUT2D eigenvalue weighted by molar-refractivity contribution is 0.0527. The molecule has 1 saturated carbocycles. The predicted octanol–water partition coefficient (Wildman–Crippen LogP) is 3.29. The number of rotatable bonds is 4. The number of nitrogen functional groups attached to an aromatic ring is 1. The highest BCUT2D eigenvalue weighted by molar-refractivity contribution is 5.96. The minimum absolute atomic E-state index is 0.235. The van der Waals surface area contributed by atoms with E-state index >= 15 is 0 Å². The summed E-state index contributed by atoms with van der Waals surface area (Å²) in [6.45, 7) is 11.1. The first-order chi connectivity index (χ1) is 9.21. The van der Waals surface area contributed by atoms with Crippen molar-refractivity contribution in [1.29, 1.82) is 0 Å². The fourth-order valence-corrected chi connectivity index (χ4v) is 2.76. The molecule has 0 atom stereocenters. The SMILES string of the molecule is CCOC(=O)c1cc(NC2C(C)(C)C2(C)C)ccc1N. The summed E-state index contributed by atoms with van der Waals surface area (Å²) >= 11 is 0. The van der Waals surface area contributed by atoms with Crippen LogP contribution < -0.4 is 11.1 Å². The van der Waals surface area contributed by atoms with Gasteiger partial charge in [0.15, 0.2) is 0 Å². The summed E-state index contributed by atoms with van der Waals surface area (Å²) < 4.78 is 5.02. The molecular formula is C16H24N2O2. The third-order valence-electron chi connectivity index (χ3n) is 4.88. The third kappa shape index (κ3) is 2.23. The lowest BCUT2D eigenvalue weighted by Crippen LogP contribution is -2.12. The second-order valence-electron chi connectivity index (χ2n) is 6.54. The van der Waals surface area contributed by atoms with Crippen molar-refractivity contribution in [3.05, 3.63) is 23.8 Å². The standard InChI is InChI=1S/C16H24N2O2/c1-6-20-13(19)11-9-10(7-8-12(11)17)18-14-15(2,3)16(14,4)5/h7-9,14,18H,6,17H2,1-5H3. The highest BCUT2D eigenvalue weighted by Crippen LogP contribution is 2.63. The molecule has 1 aliphatic carbocycles. The van der Waals surface area contributed by atoms with Gasteiger partial charge >= 0.3 is 5.97 Å². The van der Waals surface area contributed by atoms with Gasteiger partial charge in [0.2, 0.25) is 0 Å². The molecule has 2 rings (SSSR count). The molecule has 110 valence electrons. The summed E-state index contributed by atoms with van der Waals surface area (Å²) in [5.74, 6) is -0.372. The Kier molecular flexibility index (Phi) is 3.44. The van der Waals surface area contributed by atoms with Crippen LogP contribution in [0.5, 0.6) is 0 Å². The Hall–Kier alpha value is -1.71. The van der Waals surface area contributed by atoms with E-state index < -0.39 is 0 Å². The van der Waals surface area contributed by atoms with Gasteiger partial charge in [-0.15, -0.1) is 0 Å². The Morgan fingerprint density at radius 1 is 1.30 bits per heavy atom. The number of carbonyl (C=O) groups excluding carboxylic acids is 1.